The van der Waals surface area contributed by atoms with Gasteiger partial charge in [0.1, 0.15) is 22.4 Å². The summed E-state index contributed by atoms with van der Waals surface area (Å²) in [5.41, 5.74) is 1.07. The van der Waals surface area contributed by atoms with Crippen molar-refractivity contribution < 1.29 is 4.74 Å². The van der Waals surface area contributed by atoms with Gasteiger partial charge in [0.25, 0.3) is 0 Å². The second kappa shape index (κ2) is 6.61. The van der Waals surface area contributed by atoms with Crippen LogP contribution < -0.4 is 10.1 Å². The Labute approximate surface area is 124 Å². The van der Waals surface area contributed by atoms with E-state index < -0.39 is 0 Å². The van der Waals surface area contributed by atoms with E-state index in [1.165, 1.54) is 0 Å². The number of benzene rings is 1. The second-order valence-corrected chi connectivity index (χ2v) is 5.42. The molecule has 0 bridgehead atoms. The van der Waals surface area contributed by atoms with Crippen LogP contribution in [0.5, 0.6) is 5.75 Å². The Morgan fingerprint density at radius 3 is 2.75 bits per heavy atom. The predicted molar refractivity (Wildman–Crippen MR) is 82.8 cm³/mol. The Kier molecular flexibility index (Phi) is 4.84. The summed E-state index contributed by atoms with van der Waals surface area (Å²) in [6, 6.07) is 7.98. The van der Waals surface area contributed by atoms with Crippen molar-refractivity contribution in [2.24, 2.45) is 0 Å². The molecular weight excluding hydrogens is 270 g/mol. The maximum atomic E-state index is 5.25. The number of hydrogen-bond donors (Lipinski definition) is 1. The van der Waals surface area contributed by atoms with Crippen LogP contribution in [0.25, 0.3) is 0 Å². The molecule has 0 aliphatic rings. The number of aromatic nitrogens is 2. The van der Waals surface area contributed by atoms with Gasteiger partial charge in [-0.25, -0.2) is 9.97 Å². The highest BCUT2D eigenvalue weighted by molar-refractivity contribution is 7.99. The average molecular weight is 289 g/mol. The van der Waals surface area contributed by atoms with Crippen LogP contribution in [0.4, 0.5) is 5.82 Å². The van der Waals surface area contributed by atoms with Crippen molar-refractivity contribution in [3.05, 3.63) is 35.7 Å². The van der Waals surface area contributed by atoms with E-state index in [1.807, 2.05) is 32.0 Å². The molecule has 0 aliphatic carbocycles. The molecule has 2 rings (SSSR count). The van der Waals surface area contributed by atoms with Gasteiger partial charge in [0.15, 0.2) is 0 Å². The van der Waals surface area contributed by atoms with Crippen molar-refractivity contribution in [1.29, 1.82) is 0 Å². The van der Waals surface area contributed by atoms with E-state index in [0.717, 1.165) is 39.4 Å². The summed E-state index contributed by atoms with van der Waals surface area (Å²) >= 11 is 1.63. The van der Waals surface area contributed by atoms with Crippen molar-refractivity contribution >= 4 is 17.6 Å². The fourth-order valence-corrected chi connectivity index (χ4v) is 2.79. The number of anilines is 1. The zero-order valence-corrected chi connectivity index (χ0v) is 13.0. The van der Waals surface area contributed by atoms with Crippen LogP contribution in [0.3, 0.4) is 0 Å². The van der Waals surface area contributed by atoms with Gasteiger partial charge in [0.2, 0.25) is 0 Å². The van der Waals surface area contributed by atoms with Crippen LogP contribution in [0, 0.1) is 13.8 Å². The normalized spacial score (nSPS) is 10.4. The molecule has 0 saturated heterocycles. The van der Waals surface area contributed by atoms with Crippen molar-refractivity contribution in [2.45, 2.75) is 30.7 Å². The molecule has 2 aromatic rings. The minimum Gasteiger partial charge on any atom is -0.497 e. The van der Waals surface area contributed by atoms with E-state index in [4.69, 9.17) is 4.74 Å². The van der Waals surface area contributed by atoms with Crippen molar-refractivity contribution in [3.8, 4) is 5.75 Å². The zero-order chi connectivity index (χ0) is 14.5. The Hall–Kier alpha value is -1.75. The first-order chi connectivity index (χ1) is 9.63. The molecular formula is C15H19N3OS. The van der Waals surface area contributed by atoms with Gasteiger partial charge in [-0.15, -0.1) is 0 Å². The summed E-state index contributed by atoms with van der Waals surface area (Å²) in [5, 5.41) is 4.25. The van der Waals surface area contributed by atoms with Crippen LogP contribution in [-0.2, 0) is 0 Å². The topological polar surface area (TPSA) is 47.0 Å². The molecule has 0 atom stereocenters. The van der Waals surface area contributed by atoms with E-state index >= 15 is 0 Å². The Morgan fingerprint density at radius 1 is 1.25 bits per heavy atom. The highest BCUT2D eigenvalue weighted by Crippen LogP contribution is 2.32. The number of methoxy groups -OCH3 is 1. The standard InChI is InChI=1S/C15H19N3OS/c1-5-16-14-10(2)15(18-11(3)17-14)20-13-8-6-7-12(9-13)19-4/h6-9H,5H2,1-4H3,(H,16,17,18). The fraction of sp³-hybridized carbons (Fsp3) is 0.333. The molecule has 106 valence electrons. The summed E-state index contributed by atoms with van der Waals surface area (Å²) in [7, 11) is 1.67. The maximum absolute atomic E-state index is 5.25. The second-order valence-electron chi connectivity index (χ2n) is 4.36. The van der Waals surface area contributed by atoms with Gasteiger partial charge in [-0.2, -0.15) is 0 Å². The zero-order valence-electron chi connectivity index (χ0n) is 12.2. The lowest BCUT2D eigenvalue weighted by Crippen LogP contribution is -2.05. The quantitative estimate of drug-likeness (QED) is 0.851. The third-order valence-corrected chi connectivity index (χ3v) is 3.89. The first-order valence-electron chi connectivity index (χ1n) is 6.55. The van der Waals surface area contributed by atoms with Gasteiger partial charge in [-0.3, -0.25) is 0 Å². The first-order valence-corrected chi connectivity index (χ1v) is 7.36. The summed E-state index contributed by atoms with van der Waals surface area (Å²) < 4.78 is 5.25. The number of rotatable bonds is 5. The van der Waals surface area contributed by atoms with E-state index in [2.05, 4.69) is 28.3 Å². The lowest BCUT2D eigenvalue weighted by molar-refractivity contribution is 0.413. The highest BCUT2D eigenvalue weighted by atomic mass is 32.2. The van der Waals surface area contributed by atoms with Crippen molar-refractivity contribution in [3.63, 3.8) is 0 Å². The minimum absolute atomic E-state index is 0.775. The first kappa shape index (κ1) is 14.7. The molecule has 1 heterocycles. The van der Waals surface area contributed by atoms with Crippen molar-refractivity contribution in [1.82, 2.24) is 9.97 Å². The van der Waals surface area contributed by atoms with E-state index in [1.54, 1.807) is 18.9 Å². The monoisotopic (exact) mass is 289 g/mol. The van der Waals surface area contributed by atoms with Crippen LogP contribution in [-0.4, -0.2) is 23.6 Å². The van der Waals surface area contributed by atoms with E-state index in [0.29, 0.717) is 0 Å². The molecule has 20 heavy (non-hydrogen) atoms. The summed E-state index contributed by atoms with van der Waals surface area (Å²) in [6.07, 6.45) is 0. The third-order valence-electron chi connectivity index (χ3n) is 2.81. The Morgan fingerprint density at radius 2 is 2.05 bits per heavy atom. The van der Waals surface area contributed by atoms with Crippen LogP contribution in [0.2, 0.25) is 0 Å². The minimum atomic E-state index is 0.775. The Bertz CT molecular complexity index is 602. The lowest BCUT2D eigenvalue weighted by Gasteiger charge is -2.12. The van der Waals surface area contributed by atoms with Gasteiger partial charge in [0.05, 0.1) is 7.11 Å². The summed E-state index contributed by atoms with van der Waals surface area (Å²) in [6.45, 7) is 6.86. The molecule has 0 saturated carbocycles. The molecule has 1 aromatic heterocycles. The van der Waals surface area contributed by atoms with Gasteiger partial charge in [0, 0.05) is 17.0 Å². The number of aryl methyl sites for hydroxylation is 1. The number of ether oxygens (including phenoxy) is 1. The predicted octanol–water partition coefficient (Wildman–Crippen LogP) is 3.69. The number of nitrogens with zero attached hydrogens (tertiary/aromatic N) is 2. The molecule has 0 amide bonds. The van der Waals surface area contributed by atoms with Gasteiger partial charge < -0.3 is 10.1 Å². The van der Waals surface area contributed by atoms with Crippen LogP contribution in [0.1, 0.15) is 18.3 Å². The number of nitrogens with one attached hydrogen (secondary N) is 1. The van der Waals surface area contributed by atoms with E-state index in [-0.39, 0.29) is 0 Å². The molecule has 1 aromatic carbocycles. The molecule has 4 nitrogen and oxygen atoms in total. The molecule has 0 spiro atoms. The molecule has 1 N–H and O–H groups in total. The maximum Gasteiger partial charge on any atom is 0.133 e. The van der Waals surface area contributed by atoms with Gasteiger partial charge in [-0.05, 0) is 39.0 Å². The average Bonchev–Trinajstić information content (AvgIpc) is 2.44. The van der Waals surface area contributed by atoms with Gasteiger partial charge >= 0.3 is 0 Å². The number of hydrogen-bond acceptors (Lipinski definition) is 5. The van der Waals surface area contributed by atoms with Crippen molar-refractivity contribution in [2.75, 3.05) is 19.0 Å². The molecule has 0 radical (unpaired) electrons. The van der Waals surface area contributed by atoms with Crippen LogP contribution >= 0.6 is 11.8 Å². The molecule has 5 heteroatoms. The smallest absolute Gasteiger partial charge is 0.133 e. The highest BCUT2D eigenvalue weighted by Gasteiger charge is 2.10. The lowest BCUT2D eigenvalue weighted by atomic mass is 10.3. The molecule has 0 aliphatic heterocycles. The third kappa shape index (κ3) is 3.42. The van der Waals surface area contributed by atoms with Crippen LogP contribution in [0.15, 0.2) is 34.2 Å². The SMILES string of the molecule is CCNc1nc(C)nc(Sc2cccc(OC)c2)c1C. The van der Waals surface area contributed by atoms with Gasteiger partial charge in [-0.1, -0.05) is 17.8 Å². The van der Waals surface area contributed by atoms with E-state index in [9.17, 15) is 0 Å². The molecule has 0 fully saturated rings. The Balaban J connectivity index is 2.32. The summed E-state index contributed by atoms with van der Waals surface area (Å²) in [5.74, 6) is 2.53. The largest absolute Gasteiger partial charge is 0.497 e. The summed E-state index contributed by atoms with van der Waals surface area (Å²) in [4.78, 5) is 10.1. The molecule has 0 unspecified atom stereocenters. The fourth-order valence-electron chi connectivity index (χ4n) is 1.82.